The third kappa shape index (κ3) is 12.0. The number of nitrogens with one attached hydrogen (secondary N) is 1. The summed E-state index contributed by atoms with van der Waals surface area (Å²) in [6.45, 7) is 5.12. The zero-order chi connectivity index (χ0) is 39.0. The number of imide groups is 1. The van der Waals surface area contributed by atoms with Crippen LogP contribution in [0.2, 0.25) is 0 Å². The normalized spacial score (nSPS) is 17.4. The van der Waals surface area contributed by atoms with E-state index < -0.39 is 17.8 Å². The number of carbonyl (C=O) groups excluding carboxylic acids is 5. The second-order valence-electron chi connectivity index (χ2n) is 14.2. The van der Waals surface area contributed by atoms with Gasteiger partial charge in [0.05, 0.1) is 57.1 Å². The van der Waals surface area contributed by atoms with Crippen molar-refractivity contribution in [1.82, 2.24) is 24.9 Å². The van der Waals surface area contributed by atoms with Crippen LogP contribution in [0.3, 0.4) is 0 Å². The van der Waals surface area contributed by atoms with Crippen LogP contribution in [0.15, 0.2) is 24.3 Å². The molecule has 3 heterocycles. The Balaban J connectivity index is 0.878. The van der Waals surface area contributed by atoms with Crippen LogP contribution in [0.5, 0.6) is 0 Å². The molecule has 300 valence electrons. The maximum atomic E-state index is 13.1. The molecule has 1 aliphatic carbocycles. The van der Waals surface area contributed by atoms with Crippen LogP contribution in [0.25, 0.3) is 21.9 Å². The van der Waals surface area contributed by atoms with E-state index in [1.807, 2.05) is 18.2 Å². The Kier molecular flexibility index (Phi) is 16.4. The van der Waals surface area contributed by atoms with Gasteiger partial charge in [0, 0.05) is 56.0 Å². The number of aryl methyl sites for hydroxylation is 2. The number of para-hydroxylation sites is 1. The summed E-state index contributed by atoms with van der Waals surface area (Å²) in [4.78, 5) is 74.7. The zero-order valence-corrected chi connectivity index (χ0v) is 32.1. The first-order chi connectivity index (χ1) is 26.8. The van der Waals surface area contributed by atoms with Gasteiger partial charge in [-0.3, -0.25) is 19.2 Å². The van der Waals surface area contributed by atoms with Crippen molar-refractivity contribution in [2.75, 3.05) is 51.9 Å². The number of amides is 3. The lowest BCUT2D eigenvalue weighted by atomic mass is 9.78. The number of hydrogen-bond donors (Lipinski definition) is 2. The fourth-order valence-corrected chi connectivity index (χ4v) is 7.19. The number of pyridine rings is 1. The number of unbranched alkanes of at least 4 members (excludes halogenated alkanes) is 3. The minimum absolute atomic E-state index is 0.0149. The summed E-state index contributed by atoms with van der Waals surface area (Å²) in [6, 6.07) is 8.07. The van der Waals surface area contributed by atoms with Gasteiger partial charge < -0.3 is 34.7 Å². The van der Waals surface area contributed by atoms with E-state index in [1.165, 1.54) is 0 Å². The molecule has 0 bridgehead atoms. The molecular formula is C40H56N6O9. The lowest BCUT2D eigenvalue weighted by Gasteiger charge is -2.27. The van der Waals surface area contributed by atoms with E-state index in [-0.39, 0.29) is 50.2 Å². The van der Waals surface area contributed by atoms with Gasteiger partial charge in [0.25, 0.3) is 11.8 Å². The van der Waals surface area contributed by atoms with Crippen molar-refractivity contribution < 1.29 is 43.0 Å². The highest BCUT2D eigenvalue weighted by Crippen LogP contribution is 2.32. The standard InChI is InChI=1S/C40H56N6O9/c1-2-3-12-33-44-37-38(30-9-6-7-10-31(30)43-39(37)41)45(33)21-8-4-5-11-32(47)28-13-15-29(16-14-28)40(51)42-20-23-53-25-27-54-26-24-52-22-19-36(50)55-46-34(48)17-18-35(46)49/h6-7,9-10,28-29H,2-5,8,11-27H2,1H3,(H2,41,43)(H,42,51). The van der Waals surface area contributed by atoms with E-state index in [4.69, 9.17) is 29.8 Å². The SMILES string of the molecule is CCCCc1nc2c(N)nc3ccccc3c2n1CCCCCC(=O)C1CCC(C(=O)NCCOCCOCCOCCC(=O)ON2C(=O)CCC2=O)CC1. The van der Waals surface area contributed by atoms with E-state index in [2.05, 4.69) is 27.9 Å². The smallest absolute Gasteiger partial charge is 0.335 e. The van der Waals surface area contributed by atoms with E-state index in [1.54, 1.807) is 0 Å². The molecule has 1 aliphatic heterocycles. The number of fused-ring (bicyclic) bond motifs is 3. The lowest BCUT2D eigenvalue weighted by molar-refractivity contribution is -0.198. The Bertz CT molecular complexity index is 1750. The van der Waals surface area contributed by atoms with Crippen molar-refractivity contribution in [1.29, 1.82) is 0 Å². The second kappa shape index (κ2) is 21.6. The predicted molar refractivity (Wildman–Crippen MR) is 204 cm³/mol. The minimum atomic E-state index is -0.710. The Morgan fingerprint density at radius 3 is 2.22 bits per heavy atom. The molecule has 1 saturated carbocycles. The highest BCUT2D eigenvalue weighted by atomic mass is 16.7. The molecule has 3 amide bonds. The number of nitrogens with two attached hydrogens (primary N) is 1. The molecule has 15 nitrogen and oxygen atoms in total. The van der Waals surface area contributed by atoms with Gasteiger partial charge in [-0.1, -0.05) is 38.0 Å². The van der Waals surface area contributed by atoms with Gasteiger partial charge in [0.15, 0.2) is 5.82 Å². The molecule has 1 saturated heterocycles. The van der Waals surface area contributed by atoms with Gasteiger partial charge in [-0.2, -0.15) is 0 Å². The average molecular weight is 765 g/mol. The topological polar surface area (TPSA) is 194 Å². The molecule has 15 heteroatoms. The van der Waals surface area contributed by atoms with Gasteiger partial charge in [0.2, 0.25) is 5.91 Å². The third-order valence-electron chi connectivity index (χ3n) is 10.2. The number of imidazole rings is 1. The van der Waals surface area contributed by atoms with Crippen LogP contribution < -0.4 is 11.1 Å². The lowest BCUT2D eigenvalue weighted by Crippen LogP contribution is -2.36. The van der Waals surface area contributed by atoms with Crippen LogP contribution in [0.4, 0.5) is 5.82 Å². The van der Waals surface area contributed by atoms with Crippen molar-refractivity contribution >= 4 is 57.2 Å². The first kappa shape index (κ1) is 41.7. The molecule has 0 radical (unpaired) electrons. The molecule has 0 spiro atoms. The first-order valence-electron chi connectivity index (χ1n) is 19.9. The van der Waals surface area contributed by atoms with Crippen LogP contribution in [0.1, 0.15) is 96.2 Å². The van der Waals surface area contributed by atoms with Crippen molar-refractivity contribution in [3.8, 4) is 0 Å². The minimum Gasteiger partial charge on any atom is -0.382 e. The number of hydroxylamine groups is 2. The number of ether oxygens (including phenoxy) is 3. The summed E-state index contributed by atoms with van der Waals surface area (Å²) in [6.07, 6.45) is 9.32. The van der Waals surface area contributed by atoms with Crippen molar-refractivity contribution in [2.24, 2.45) is 11.8 Å². The van der Waals surface area contributed by atoms with E-state index >= 15 is 0 Å². The Morgan fingerprint density at radius 1 is 0.818 bits per heavy atom. The van der Waals surface area contributed by atoms with Crippen molar-refractivity contribution in [3.63, 3.8) is 0 Å². The highest BCUT2D eigenvalue weighted by Gasteiger charge is 2.33. The summed E-state index contributed by atoms with van der Waals surface area (Å²) >= 11 is 0. The number of hydrogen-bond acceptors (Lipinski definition) is 12. The summed E-state index contributed by atoms with van der Waals surface area (Å²) in [5, 5.41) is 4.53. The van der Waals surface area contributed by atoms with Gasteiger partial charge in [-0.15, -0.1) is 5.06 Å². The Hall–Kier alpha value is -4.47. The van der Waals surface area contributed by atoms with Crippen LogP contribution >= 0.6 is 0 Å². The molecule has 1 aromatic carbocycles. The first-order valence-corrected chi connectivity index (χ1v) is 19.9. The van der Waals surface area contributed by atoms with Gasteiger partial charge in [-0.25, -0.2) is 14.8 Å². The molecule has 5 rings (SSSR count). The van der Waals surface area contributed by atoms with Crippen molar-refractivity contribution in [3.05, 3.63) is 30.1 Å². The molecule has 0 unspecified atom stereocenters. The maximum Gasteiger partial charge on any atom is 0.335 e. The number of aromatic nitrogens is 3. The van der Waals surface area contributed by atoms with Gasteiger partial charge in [0.1, 0.15) is 17.1 Å². The number of benzene rings is 1. The summed E-state index contributed by atoms with van der Waals surface area (Å²) in [5.74, 6) is 0.0577. The number of ketones is 1. The van der Waals surface area contributed by atoms with Crippen molar-refractivity contribution in [2.45, 2.75) is 103 Å². The summed E-state index contributed by atoms with van der Waals surface area (Å²) in [5.41, 5.74) is 9.05. The number of nitrogens with zero attached hydrogens (tertiary/aromatic N) is 4. The number of carbonyl (C=O) groups is 5. The second-order valence-corrected chi connectivity index (χ2v) is 14.2. The number of Topliss-reactive ketones (excluding diaryl/α,β-unsaturated/α-hetero) is 1. The Labute approximate surface area is 321 Å². The third-order valence-corrected chi connectivity index (χ3v) is 10.2. The maximum absolute atomic E-state index is 13.1. The van der Waals surface area contributed by atoms with E-state index in [9.17, 15) is 24.0 Å². The van der Waals surface area contributed by atoms with Crippen LogP contribution in [0, 0.1) is 11.8 Å². The summed E-state index contributed by atoms with van der Waals surface area (Å²) in [7, 11) is 0. The molecule has 2 fully saturated rings. The largest absolute Gasteiger partial charge is 0.382 e. The van der Waals surface area contributed by atoms with Crippen LogP contribution in [-0.4, -0.2) is 95.3 Å². The van der Waals surface area contributed by atoms with Crippen LogP contribution in [-0.2, 0) is 56.0 Å². The fraction of sp³-hybridized carbons (Fsp3) is 0.625. The zero-order valence-electron chi connectivity index (χ0n) is 32.1. The quantitative estimate of drug-likeness (QED) is 0.0952. The van der Waals surface area contributed by atoms with Gasteiger partial charge >= 0.3 is 5.97 Å². The molecule has 3 N–H and O–H groups in total. The van der Waals surface area contributed by atoms with E-state index in [0.717, 1.165) is 98.5 Å². The van der Waals surface area contributed by atoms with Gasteiger partial charge in [-0.05, 0) is 51.0 Å². The Morgan fingerprint density at radius 2 is 1.49 bits per heavy atom. The molecular weight excluding hydrogens is 708 g/mol. The molecule has 2 aliphatic rings. The highest BCUT2D eigenvalue weighted by molar-refractivity contribution is 6.06. The van der Waals surface area contributed by atoms with E-state index in [0.29, 0.717) is 56.1 Å². The number of nitrogen functional groups attached to an aromatic ring is 1. The molecule has 2 aromatic heterocycles. The molecule has 0 atom stereocenters. The number of anilines is 1. The average Bonchev–Trinajstić information content (AvgIpc) is 3.72. The monoisotopic (exact) mass is 764 g/mol. The number of rotatable bonds is 24. The molecule has 3 aromatic rings. The summed E-state index contributed by atoms with van der Waals surface area (Å²) < 4.78 is 18.6. The fourth-order valence-electron chi connectivity index (χ4n) is 7.19. The molecule has 55 heavy (non-hydrogen) atoms. The predicted octanol–water partition coefficient (Wildman–Crippen LogP) is 4.61.